The SMILES string of the molecule is CN(c1cccc(C#N)c1)C1CCC(C)(C)CC1. The Morgan fingerprint density at radius 1 is 1.28 bits per heavy atom. The molecule has 18 heavy (non-hydrogen) atoms. The Morgan fingerprint density at radius 2 is 1.94 bits per heavy atom. The molecule has 1 saturated carbocycles. The van der Waals surface area contributed by atoms with Crippen molar-refractivity contribution in [2.45, 2.75) is 45.6 Å². The number of hydrogen-bond donors (Lipinski definition) is 0. The Bertz CT molecular complexity index is 446. The molecule has 0 amide bonds. The van der Waals surface area contributed by atoms with E-state index in [1.807, 2.05) is 18.2 Å². The monoisotopic (exact) mass is 242 g/mol. The van der Waals surface area contributed by atoms with Crippen molar-refractivity contribution in [2.75, 3.05) is 11.9 Å². The van der Waals surface area contributed by atoms with Crippen LogP contribution in [0, 0.1) is 16.7 Å². The minimum absolute atomic E-state index is 0.506. The van der Waals surface area contributed by atoms with Crippen molar-refractivity contribution in [1.29, 1.82) is 5.26 Å². The zero-order valence-corrected chi connectivity index (χ0v) is 11.6. The summed E-state index contributed by atoms with van der Waals surface area (Å²) in [4.78, 5) is 2.34. The molecular formula is C16H22N2. The lowest BCUT2D eigenvalue weighted by Gasteiger charge is -2.39. The van der Waals surface area contributed by atoms with Gasteiger partial charge in [0.25, 0.3) is 0 Å². The molecule has 1 aromatic carbocycles. The van der Waals surface area contributed by atoms with Gasteiger partial charge in [-0.3, -0.25) is 0 Å². The van der Waals surface area contributed by atoms with Crippen LogP contribution in [0.5, 0.6) is 0 Å². The molecule has 0 radical (unpaired) electrons. The van der Waals surface area contributed by atoms with E-state index < -0.39 is 0 Å². The van der Waals surface area contributed by atoms with Crippen LogP contribution in [-0.2, 0) is 0 Å². The van der Waals surface area contributed by atoms with E-state index in [1.54, 1.807) is 0 Å². The van der Waals surface area contributed by atoms with Crippen LogP contribution in [0.2, 0.25) is 0 Å². The van der Waals surface area contributed by atoms with Gasteiger partial charge in [0, 0.05) is 18.8 Å². The molecule has 0 spiro atoms. The van der Waals surface area contributed by atoms with Gasteiger partial charge in [-0.25, -0.2) is 0 Å². The van der Waals surface area contributed by atoms with E-state index >= 15 is 0 Å². The highest BCUT2D eigenvalue weighted by molar-refractivity contribution is 5.51. The Balaban J connectivity index is 2.08. The Labute approximate surface area is 110 Å². The first kappa shape index (κ1) is 13.0. The zero-order valence-electron chi connectivity index (χ0n) is 11.6. The van der Waals surface area contributed by atoms with E-state index in [2.05, 4.69) is 37.9 Å². The third-order valence-electron chi connectivity index (χ3n) is 4.24. The molecule has 96 valence electrons. The zero-order chi connectivity index (χ0) is 13.2. The van der Waals surface area contributed by atoms with Crippen molar-refractivity contribution in [1.82, 2.24) is 0 Å². The van der Waals surface area contributed by atoms with E-state index in [1.165, 1.54) is 31.4 Å². The third-order valence-corrected chi connectivity index (χ3v) is 4.24. The molecule has 1 aliphatic carbocycles. The summed E-state index contributed by atoms with van der Waals surface area (Å²) >= 11 is 0. The molecule has 1 aromatic rings. The Kier molecular flexibility index (Phi) is 3.61. The molecule has 0 atom stereocenters. The fourth-order valence-corrected chi connectivity index (χ4v) is 2.78. The van der Waals surface area contributed by atoms with E-state index in [9.17, 15) is 0 Å². The van der Waals surface area contributed by atoms with Crippen molar-refractivity contribution in [2.24, 2.45) is 5.41 Å². The average Bonchev–Trinajstić information content (AvgIpc) is 2.38. The fraction of sp³-hybridized carbons (Fsp3) is 0.562. The van der Waals surface area contributed by atoms with Crippen LogP contribution in [-0.4, -0.2) is 13.1 Å². The maximum absolute atomic E-state index is 8.95. The van der Waals surface area contributed by atoms with E-state index in [4.69, 9.17) is 5.26 Å². The van der Waals surface area contributed by atoms with Gasteiger partial charge >= 0.3 is 0 Å². The van der Waals surface area contributed by atoms with E-state index in [0.717, 1.165) is 5.56 Å². The van der Waals surface area contributed by atoms with Crippen molar-refractivity contribution in [3.05, 3.63) is 29.8 Å². The Hall–Kier alpha value is -1.49. The van der Waals surface area contributed by atoms with Gasteiger partial charge in [-0.05, 0) is 49.3 Å². The predicted molar refractivity (Wildman–Crippen MR) is 75.6 cm³/mol. The molecule has 0 N–H and O–H groups in total. The number of nitriles is 1. The summed E-state index contributed by atoms with van der Waals surface area (Å²) in [6.07, 6.45) is 5.08. The topological polar surface area (TPSA) is 27.0 Å². The molecule has 0 heterocycles. The van der Waals surface area contributed by atoms with E-state index in [0.29, 0.717) is 11.5 Å². The van der Waals surface area contributed by atoms with Crippen LogP contribution >= 0.6 is 0 Å². The number of hydrogen-bond acceptors (Lipinski definition) is 2. The molecule has 0 saturated heterocycles. The molecule has 2 rings (SSSR count). The molecule has 1 fully saturated rings. The van der Waals surface area contributed by atoms with Gasteiger partial charge in [-0.2, -0.15) is 5.26 Å². The summed E-state index contributed by atoms with van der Waals surface area (Å²) in [7, 11) is 2.15. The van der Waals surface area contributed by atoms with Crippen molar-refractivity contribution < 1.29 is 0 Å². The van der Waals surface area contributed by atoms with Crippen LogP contribution in [0.25, 0.3) is 0 Å². The van der Waals surface area contributed by atoms with Crippen LogP contribution in [0.3, 0.4) is 0 Å². The maximum Gasteiger partial charge on any atom is 0.0992 e. The smallest absolute Gasteiger partial charge is 0.0992 e. The largest absolute Gasteiger partial charge is 0.372 e. The van der Waals surface area contributed by atoms with Gasteiger partial charge in [0.1, 0.15) is 0 Å². The van der Waals surface area contributed by atoms with Crippen LogP contribution in [0.4, 0.5) is 5.69 Å². The molecule has 1 aliphatic rings. The van der Waals surface area contributed by atoms with Gasteiger partial charge in [0.05, 0.1) is 11.6 Å². The number of nitrogens with zero attached hydrogens (tertiary/aromatic N) is 2. The van der Waals surface area contributed by atoms with Crippen LogP contribution in [0.1, 0.15) is 45.1 Å². The predicted octanol–water partition coefficient (Wildman–Crippen LogP) is 3.96. The average molecular weight is 242 g/mol. The lowest BCUT2D eigenvalue weighted by Crippen LogP contribution is -2.37. The quantitative estimate of drug-likeness (QED) is 0.784. The van der Waals surface area contributed by atoms with Crippen molar-refractivity contribution >= 4 is 5.69 Å². The number of anilines is 1. The first-order valence-electron chi connectivity index (χ1n) is 6.75. The molecule has 0 aliphatic heterocycles. The van der Waals surface area contributed by atoms with Crippen molar-refractivity contribution in [3.63, 3.8) is 0 Å². The highest BCUT2D eigenvalue weighted by Gasteiger charge is 2.28. The highest BCUT2D eigenvalue weighted by atomic mass is 15.1. The summed E-state index contributed by atoms with van der Waals surface area (Å²) in [6.45, 7) is 4.72. The maximum atomic E-state index is 8.95. The van der Waals surface area contributed by atoms with Crippen LogP contribution < -0.4 is 4.90 Å². The second kappa shape index (κ2) is 5.02. The first-order chi connectivity index (χ1) is 8.52. The molecule has 0 aromatic heterocycles. The number of rotatable bonds is 2. The molecule has 2 nitrogen and oxygen atoms in total. The van der Waals surface area contributed by atoms with Crippen LogP contribution in [0.15, 0.2) is 24.3 Å². The summed E-state index contributed by atoms with van der Waals surface area (Å²) in [5, 5.41) is 8.95. The molecule has 0 unspecified atom stereocenters. The van der Waals surface area contributed by atoms with Gasteiger partial charge in [-0.15, -0.1) is 0 Å². The lowest BCUT2D eigenvalue weighted by atomic mass is 9.75. The summed E-state index contributed by atoms with van der Waals surface area (Å²) in [5.41, 5.74) is 2.42. The standard InChI is InChI=1S/C16H22N2/c1-16(2)9-7-14(8-10-16)18(3)15-6-4-5-13(11-15)12-17/h4-6,11,14H,7-10H2,1-3H3. The summed E-state index contributed by atoms with van der Waals surface area (Å²) in [5.74, 6) is 0. The Morgan fingerprint density at radius 3 is 2.56 bits per heavy atom. The molecule has 0 bridgehead atoms. The molecule has 2 heteroatoms. The second-order valence-corrected chi connectivity index (χ2v) is 6.17. The summed E-state index contributed by atoms with van der Waals surface area (Å²) in [6, 6.07) is 10.7. The first-order valence-corrected chi connectivity index (χ1v) is 6.75. The lowest BCUT2D eigenvalue weighted by molar-refractivity contribution is 0.222. The van der Waals surface area contributed by atoms with E-state index in [-0.39, 0.29) is 0 Å². The van der Waals surface area contributed by atoms with Gasteiger partial charge in [-0.1, -0.05) is 19.9 Å². The second-order valence-electron chi connectivity index (χ2n) is 6.17. The normalized spacial score (nSPS) is 19.2. The molecular weight excluding hydrogens is 220 g/mol. The minimum Gasteiger partial charge on any atom is -0.372 e. The minimum atomic E-state index is 0.506. The fourth-order valence-electron chi connectivity index (χ4n) is 2.78. The van der Waals surface area contributed by atoms with Gasteiger partial charge < -0.3 is 4.90 Å². The number of benzene rings is 1. The van der Waals surface area contributed by atoms with Crippen molar-refractivity contribution in [3.8, 4) is 6.07 Å². The van der Waals surface area contributed by atoms with Gasteiger partial charge in [0.15, 0.2) is 0 Å². The highest BCUT2D eigenvalue weighted by Crippen LogP contribution is 2.37. The third kappa shape index (κ3) is 2.85. The summed E-state index contributed by atoms with van der Waals surface area (Å²) < 4.78 is 0. The van der Waals surface area contributed by atoms with Gasteiger partial charge in [0.2, 0.25) is 0 Å².